The first-order valence-electron chi connectivity index (χ1n) is 11.9. The van der Waals surface area contributed by atoms with Gasteiger partial charge in [0.05, 0.1) is 6.10 Å². The summed E-state index contributed by atoms with van der Waals surface area (Å²) in [7, 11) is -3.68. The van der Waals surface area contributed by atoms with Gasteiger partial charge in [0.15, 0.2) is 16.6 Å². The van der Waals surface area contributed by atoms with E-state index in [2.05, 4.69) is 87.7 Å². The monoisotopic (exact) mass is 599 g/mol. The van der Waals surface area contributed by atoms with Crippen LogP contribution in [-0.2, 0) is 54.2 Å². The molecule has 0 aromatic rings. The van der Waals surface area contributed by atoms with Gasteiger partial charge in [-0.15, -0.1) is 0 Å². The molecule has 0 aliphatic carbocycles. The number of carbonyl (C=O) groups excluding carboxylic acids is 2. The number of Topliss-reactive ketones (excluding diaryl/α,β-unsaturated/α-hetero) is 1. The van der Waals surface area contributed by atoms with Crippen LogP contribution in [0.4, 0.5) is 0 Å². The number of hydrogen-bond acceptors (Lipinski definition) is 5. The molecule has 216 valence electrons. The number of hydrogen-bond donors (Lipinski definition) is 0. The fraction of sp³-hybridized carbons (Fsp3) is 0.808. The summed E-state index contributed by atoms with van der Waals surface area (Å²) in [6, 6.07) is 0. The van der Waals surface area contributed by atoms with Gasteiger partial charge in [-0.3, -0.25) is 4.79 Å². The molecular formula is C26H47FeO8Si2-. The maximum Gasteiger partial charge on any atom is 0 e. The van der Waals surface area contributed by atoms with E-state index in [0.717, 1.165) is 0 Å². The smallest absolute Gasteiger partial charge is 0 e. The molecule has 0 aliphatic heterocycles. The summed E-state index contributed by atoms with van der Waals surface area (Å²) in [5.74, 6) is 0.202. The molecule has 0 saturated carbocycles. The maximum atomic E-state index is 12.2. The zero-order valence-corrected chi connectivity index (χ0v) is 27.6. The third kappa shape index (κ3) is 21.8. The van der Waals surface area contributed by atoms with Crippen LogP contribution in [0.2, 0.25) is 36.3 Å². The molecule has 8 nitrogen and oxygen atoms in total. The van der Waals surface area contributed by atoms with E-state index in [9.17, 15) is 9.59 Å². The van der Waals surface area contributed by atoms with Gasteiger partial charge in [0, 0.05) is 49.0 Å². The van der Waals surface area contributed by atoms with Crippen LogP contribution < -0.4 is 0 Å². The Morgan fingerprint density at radius 1 is 0.865 bits per heavy atom. The van der Waals surface area contributed by atoms with Crippen LogP contribution in [0.3, 0.4) is 0 Å². The van der Waals surface area contributed by atoms with Crippen molar-refractivity contribution in [1.82, 2.24) is 0 Å². The van der Waals surface area contributed by atoms with E-state index in [1.54, 1.807) is 6.47 Å². The van der Waals surface area contributed by atoms with E-state index in [0.29, 0.717) is 38.7 Å². The molecule has 0 unspecified atom stereocenters. The van der Waals surface area contributed by atoms with Crippen molar-refractivity contribution in [3.8, 4) is 0 Å². The van der Waals surface area contributed by atoms with Crippen molar-refractivity contribution in [3.05, 3.63) is 20.0 Å². The number of ether oxygens (including phenoxy) is 1. The van der Waals surface area contributed by atoms with E-state index in [4.69, 9.17) is 27.5 Å². The largest absolute Gasteiger partial charge is 0 e. The van der Waals surface area contributed by atoms with Crippen LogP contribution in [0.15, 0.2) is 0 Å². The van der Waals surface area contributed by atoms with Crippen LogP contribution >= 0.6 is 0 Å². The minimum absolute atomic E-state index is 0. The van der Waals surface area contributed by atoms with E-state index >= 15 is 0 Å². The molecule has 11 heteroatoms. The molecule has 0 N–H and O–H groups in total. The number of rotatable bonds is 14. The molecule has 0 bridgehead atoms. The molecule has 0 aliphatic rings. The van der Waals surface area contributed by atoms with Gasteiger partial charge in [-0.05, 0) is 56.0 Å². The maximum absolute atomic E-state index is 12.2. The van der Waals surface area contributed by atoms with Crippen LogP contribution in [0.25, 0.3) is 0 Å². The Morgan fingerprint density at radius 2 is 1.30 bits per heavy atom. The minimum atomic E-state index is -1.87. The summed E-state index contributed by atoms with van der Waals surface area (Å²) in [5.41, 5.74) is 0. The topological polar surface area (TPSA) is 122 Å². The van der Waals surface area contributed by atoms with Crippen molar-refractivity contribution in [3.63, 3.8) is 0 Å². The van der Waals surface area contributed by atoms with Gasteiger partial charge in [-0.25, -0.2) is 0 Å². The van der Waals surface area contributed by atoms with E-state index < -0.39 is 16.6 Å². The molecule has 0 fully saturated rings. The average molecular weight is 600 g/mol. The summed E-state index contributed by atoms with van der Waals surface area (Å²) >= 11 is 0. The quantitative estimate of drug-likeness (QED) is 0.132. The molecule has 0 aromatic carbocycles. The SMILES string of the molecule is C[C@H](C[C@@H](CCCC(=O)CCO[Si](C)(C)C(C)(C)C)O[C-]=O)O[Si](C)(C)C(C)(C)C.[C-]#[O+].[C-]#[O+].[C-]#[O+].[Fe]. The minimum Gasteiger partial charge on any atom is 0 e. The Bertz CT molecular complexity index is 648. The van der Waals surface area contributed by atoms with Gasteiger partial charge in [-0.1, -0.05) is 48.0 Å². The molecule has 0 spiro atoms. The summed E-state index contributed by atoms with van der Waals surface area (Å²) in [4.78, 5) is 23.0. The van der Waals surface area contributed by atoms with Crippen molar-refractivity contribution >= 4 is 28.9 Å². The van der Waals surface area contributed by atoms with Crippen LogP contribution in [-0.4, -0.2) is 47.7 Å². The van der Waals surface area contributed by atoms with Crippen molar-refractivity contribution in [2.45, 2.75) is 129 Å². The third-order valence-electron chi connectivity index (χ3n) is 6.74. The molecule has 0 rings (SSSR count). The molecule has 0 aromatic heterocycles. The van der Waals surface area contributed by atoms with E-state index in [1.807, 2.05) is 6.92 Å². The third-order valence-corrected chi connectivity index (χ3v) is 15.9. The molecule has 0 heterocycles. The molecule has 37 heavy (non-hydrogen) atoms. The Hall–Kier alpha value is -0.767. The van der Waals surface area contributed by atoms with Crippen molar-refractivity contribution in [2.24, 2.45) is 0 Å². The number of ketones is 1. The van der Waals surface area contributed by atoms with E-state index in [-0.39, 0.29) is 45.1 Å². The summed E-state index contributed by atoms with van der Waals surface area (Å²) in [5, 5.41) is 0.280. The summed E-state index contributed by atoms with van der Waals surface area (Å²) in [6.07, 6.45) is 2.63. The van der Waals surface area contributed by atoms with Gasteiger partial charge >= 0.3 is 33.9 Å². The molecular weight excluding hydrogens is 552 g/mol. The Labute approximate surface area is 238 Å². The van der Waals surface area contributed by atoms with Gasteiger partial charge in [-0.2, -0.15) is 0 Å². The van der Waals surface area contributed by atoms with Gasteiger partial charge in [0.25, 0.3) is 0 Å². The first-order chi connectivity index (χ1) is 16.4. The zero-order valence-electron chi connectivity index (χ0n) is 24.5. The van der Waals surface area contributed by atoms with Gasteiger partial charge < -0.3 is 18.4 Å². The predicted octanol–water partition coefficient (Wildman–Crippen LogP) is 6.28. The van der Waals surface area contributed by atoms with Crippen LogP contribution in [0, 0.1) is 20.0 Å². The summed E-state index contributed by atoms with van der Waals surface area (Å²) < 4.78 is 40.1. The zero-order chi connectivity index (χ0) is 29.8. The van der Waals surface area contributed by atoms with Gasteiger partial charge in [0.1, 0.15) is 5.78 Å². The van der Waals surface area contributed by atoms with Crippen molar-refractivity contribution in [1.29, 1.82) is 0 Å². The fourth-order valence-corrected chi connectivity index (χ4v) is 5.18. The second kappa shape index (κ2) is 23.1. The molecule has 0 saturated heterocycles. The molecule has 0 amide bonds. The normalized spacial score (nSPS) is 12.8. The Kier molecular flexibility index (Phi) is 28.8. The van der Waals surface area contributed by atoms with Crippen molar-refractivity contribution in [2.75, 3.05) is 6.61 Å². The molecule has 2 atom stereocenters. The average Bonchev–Trinajstić information content (AvgIpc) is 2.76. The first kappa shape index (κ1) is 46.1. The van der Waals surface area contributed by atoms with Crippen LogP contribution in [0.1, 0.15) is 80.6 Å². The molecule has 0 radical (unpaired) electrons. The number of carbonyl (C=O) groups is 1. The Morgan fingerprint density at radius 3 is 1.68 bits per heavy atom. The first-order valence-corrected chi connectivity index (χ1v) is 17.7. The Balaban J connectivity index is -0.000000451. The van der Waals surface area contributed by atoms with Gasteiger partial charge in [0.2, 0.25) is 0 Å². The summed E-state index contributed by atoms with van der Waals surface area (Å²) in [6.45, 7) is 39.6. The second-order valence-electron chi connectivity index (χ2n) is 11.5. The second-order valence-corrected chi connectivity index (χ2v) is 21.1. The predicted molar refractivity (Wildman–Crippen MR) is 141 cm³/mol. The fourth-order valence-electron chi connectivity index (χ4n) is 2.68. The van der Waals surface area contributed by atoms with Crippen molar-refractivity contribution < 1.29 is 54.2 Å². The standard InChI is InChI=1S/C23H47O5Si2.3CO.Fe/c1-19(28-30(10,11)23(5,6)7)17-21(26-18-24)14-12-13-20(25)15-16-27-29(8,9)22(2,3)4;3*1-2;/h19,21H,12-17H2,1-11H3;;;;/q-1;;;;/t19-,21-;;;;/m1..../s1. The van der Waals surface area contributed by atoms with E-state index in [1.165, 1.54) is 0 Å². The van der Waals surface area contributed by atoms with Crippen LogP contribution in [0.5, 0.6) is 0 Å².